The van der Waals surface area contributed by atoms with E-state index in [4.69, 9.17) is 10.5 Å². The van der Waals surface area contributed by atoms with Crippen LogP contribution in [0.5, 0.6) is 0 Å². The normalized spacial score (nSPS) is 10.5. The van der Waals surface area contributed by atoms with Gasteiger partial charge >= 0.3 is 0 Å². The first-order valence-electron chi connectivity index (χ1n) is 4.66. The molecule has 0 aliphatic carbocycles. The number of aromatic nitrogens is 1. The highest BCUT2D eigenvalue weighted by atomic mass is 32.1. The maximum atomic E-state index is 5.70. The highest BCUT2D eigenvalue weighted by Crippen LogP contribution is 2.28. The quantitative estimate of drug-likeness (QED) is 0.809. The summed E-state index contributed by atoms with van der Waals surface area (Å²) in [6.45, 7) is 6.68. The van der Waals surface area contributed by atoms with E-state index in [1.165, 1.54) is 11.5 Å². The minimum atomic E-state index is 0.640. The number of anilines is 2. The summed E-state index contributed by atoms with van der Waals surface area (Å²) in [6, 6.07) is 0. The standard InChI is InChI=1S/C9H17N3OS/c1-4-12(5-6-13-3)9-7(2)8(10)11-14-9/h4-6H2,1-3H3,(H2,10,11). The summed E-state index contributed by atoms with van der Waals surface area (Å²) in [5, 5.41) is 1.15. The largest absolute Gasteiger partial charge is 0.383 e. The number of nitrogens with two attached hydrogens (primary N) is 1. The van der Waals surface area contributed by atoms with Crippen LogP contribution in [0.2, 0.25) is 0 Å². The van der Waals surface area contributed by atoms with Gasteiger partial charge in [-0.2, -0.15) is 4.37 Å². The van der Waals surface area contributed by atoms with E-state index in [0.717, 1.165) is 30.3 Å². The van der Waals surface area contributed by atoms with Crippen molar-refractivity contribution >= 4 is 22.4 Å². The van der Waals surface area contributed by atoms with E-state index in [2.05, 4.69) is 16.2 Å². The molecule has 0 aliphatic rings. The summed E-state index contributed by atoms with van der Waals surface area (Å²) in [5.74, 6) is 0.640. The van der Waals surface area contributed by atoms with Crippen LogP contribution in [0.1, 0.15) is 12.5 Å². The van der Waals surface area contributed by atoms with Crippen LogP contribution in [-0.4, -0.2) is 31.2 Å². The molecule has 1 rings (SSSR count). The highest BCUT2D eigenvalue weighted by molar-refractivity contribution is 7.10. The van der Waals surface area contributed by atoms with Crippen molar-refractivity contribution in [3.05, 3.63) is 5.56 Å². The molecule has 0 radical (unpaired) electrons. The lowest BCUT2D eigenvalue weighted by atomic mass is 10.3. The summed E-state index contributed by atoms with van der Waals surface area (Å²) in [7, 11) is 1.71. The Morgan fingerprint density at radius 3 is 2.71 bits per heavy atom. The summed E-state index contributed by atoms with van der Waals surface area (Å²) < 4.78 is 9.18. The summed E-state index contributed by atoms with van der Waals surface area (Å²) >= 11 is 1.45. The number of nitrogens with zero attached hydrogens (tertiary/aromatic N) is 2. The summed E-state index contributed by atoms with van der Waals surface area (Å²) in [4.78, 5) is 2.23. The fraction of sp³-hybridized carbons (Fsp3) is 0.667. The third-order valence-electron chi connectivity index (χ3n) is 2.17. The monoisotopic (exact) mass is 215 g/mol. The third kappa shape index (κ3) is 2.36. The molecular weight excluding hydrogens is 198 g/mol. The molecule has 1 aromatic rings. The Kier molecular flexibility index (Phi) is 4.16. The van der Waals surface area contributed by atoms with Gasteiger partial charge in [-0.3, -0.25) is 0 Å². The lowest BCUT2D eigenvalue weighted by molar-refractivity contribution is 0.205. The number of methoxy groups -OCH3 is 1. The predicted octanol–water partition coefficient (Wildman–Crippen LogP) is 1.51. The molecular formula is C9H17N3OS. The zero-order chi connectivity index (χ0) is 10.6. The summed E-state index contributed by atoms with van der Waals surface area (Å²) in [6.07, 6.45) is 0. The van der Waals surface area contributed by atoms with Crippen LogP contribution in [-0.2, 0) is 4.74 Å². The molecule has 1 aromatic heterocycles. The molecule has 0 amide bonds. The SMILES string of the molecule is CCN(CCOC)c1snc(N)c1C. The first-order chi connectivity index (χ1) is 6.70. The van der Waals surface area contributed by atoms with Crippen molar-refractivity contribution < 1.29 is 4.74 Å². The Morgan fingerprint density at radius 2 is 2.29 bits per heavy atom. The van der Waals surface area contributed by atoms with Crippen molar-refractivity contribution in [2.45, 2.75) is 13.8 Å². The third-order valence-corrected chi connectivity index (χ3v) is 3.20. The van der Waals surface area contributed by atoms with Crippen LogP contribution in [0.3, 0.4) is 0 Å². The van der Waals surface area contributed by atoms with E-state index in [-0.39, 0.29) is 0 Å². The molecule has 0 saturated carbocycles. The van der Waals surface area contributed by atoms with E-state index < -0.39 is 0 Å². The first-order valence-corrected chi connectivity index (χ1v) is 5.43. The molecule has 1 heterocycles. The Balaban J connectivity index is 2.73. The molecule has 14 heavy (non-hydrogen) atoms. The lowest BCUT2D eigenvalue weighted by Crippen LogP contribution is -2.26. The van der Waals surface area contributed by atoms with Gasteiger partial charge in [-0.25, -0.2) is 0 Å². The molecule has 0 fully saturated rings. The minimum Gasteiger partial charge on any atom is -0.383 e. The zero-order valence-electron chi connectivity index (χ0n) is 8.91. The Hall–Kier alpha value is -0.810. The second-order valence-corrected chi connectivity index (χ2v) is 3.82. The van der Waals surface area contributed by atoms with Crippen molar-refractivity contribution in [2.75, 3.05) is 37.4 Å². The number of ether oxygens (including phenoxy) is 1. The van der Waals surface area contributed by atoms with Gasteiger partial charge in [-0.1, -0.05) is 0 Å². The van der Waals surface area contributed by atoms with Crippen LogP contribution in [0.25, 0.3) is 0 Å². The number of hydrogen-bond donors (Lipinski definition) is 1. The van der Waals surface area contributed by atoms with Gasteiger partial charge < -0.3 is 15.4 Å². The van der Waals surface area contributed by atoms with Crippen LogP contribution >= 0.6 is 11.5 Å². The zero-order valence-corrected chi connectivity index (χ0v) is 9.73. The van der Waals surface area contributed by atoms with Crippen molar-refractivity contribution in [1.29, 1.82) is 0 Å². The van der Waals surface area contributed by atoms with Gasteiger partial charge in [0.1, 0.15) is 10.8 Å². The van der Waals surface area contributed by atoms with Gasteiger partial charge in [0.25, 0.3) is 0 Å². The Morgan fingerprint density at radius 1 is 1.57 bits per heavy atom. The number of rotatable bonds is 5. The van der Waals surface area contributed by atoms with Gasteiger partial charge in [-0.05, 0) is 25.4 Å². The Bertz CT molecular complexity index is 288. The van der Waals surface area contributed by atoms with Gasteiger partial charge in [-0.15, -0.1) is 0 Å². The molecule has 0 saturated heterocycles. The number of hydrogen-bond acceptors (Lipinski definition) is 5. The van der Waals surface area contributed by atoms with E-state index in [1.807, 2.05) is 6.92 Å². The molecule has 0 atom stereocenters. The molecule has 0 spiro atoms. The molecule has 0 unspecified atom stereocenters. The minimum absolute atomic E-state index is 0.640. The van der Waals surface area contributed by atoms with E-state index in [9.17, 15) is 0 Å². The van der Waals surface area contributed by atoms with E-state index in [0.29, 0.717) is 5.82 Å². The smallest absolute Gasteiger partial charge is 0.142 e. The van der Waals surface area contributed by atoms with Crippen molar-refractivity contribution in [3.63, 3.8) is 0 Å². The average molecular weight is 215 g/mol. The fourth-order valence-corrected chi connectivity index (χ4v) is 2.14. The molecule has 5 heteroatoms. The maximum Gasteiger partial charge on any atom is 0.142 e. The van der Waals surface area contributed by atoms with Crippen LogP contribution < -0.4 is 10.6 Å². The number of likely N-dealkylation sites (N-methyl/N-ethyl adjacent to an activating group) is 1. The molecule has 0 aliphatic heterocycles. The first kappa shape index (κ1) is 11.3. The van der Waals surface area contributed by atoms with Crippen LogP contribution in [0.4, 0.5) is 10.8 Å². The molecule has 0 bridgehead atoms. The van der Waals surface area contributed by atoms with Gasteiger partial charge in [0.2, 0.25) is 0 Å². The van der Waals surface area contributed by atoms with Crippen LogP contribution in [0.15, 0.2) is 0 Å². The molecule has 80 valence electrons. The van der Waals surface area contributed by atoms with Gasteiger partial charge in [0.05, 0.1) is 6.61 Å². The van der Waals surface area contributed by atoms with Crippen LogP contribution in [0, 0.1) is 6.92 Å². The van der Waals surface area contributed by atoms with Gasteiger partial charge in [0, 0.05) is 25.8 Å². The highest BCUT2D eigenvalue weighted by Gasteiger charge is 2.12. The van der Waals surface area contributed by atoms with Gasteiger partial charge in [0.15, 0.2) is 0 Å². The Labute approximate surface area is 88.8 Å². The molecule has 4 nitrogen and oxygen atoms in total. The van der Waals surface area contributed by atoms with Crippen molar-refractivity contribution in [2.24, 2.45) is 0 Å². The second kappa shape index (κ2) is 5.17. The topological polar surface area (TPSA) is 51.4 Å². The molecule has 2 N–H and O–H groups in total. The van der Waals surface area contributed by atoms with Crippen molar-refractivity contribution in [1.82, 2.24) is 4.37 Å². The predicted molar refractivity (Wildman–Crippen MR) is 61.0 cm³/mol. The maximum absolute atomic E-state index is 5.70. The van der Waals surface area contributed by atoms with E-state index >= 15 is 0 Å². The second-order valence-electron chi connectivity index (χ2n) is 3.07. The molecule has 0 aromatic carbocycles. The number of nitrogen functional groups attached to an aromatic ring is 1. The van der Waals surface area contributed by atoms with E-state index in [1.54, 1.807) is 7.11 Å². The average Bonchev–Trinajstić information content (AvgIpc) is 2.51. The van der Waals surface area contributed by atoms with Crippen molar-refractivity contribution in [3.8, 4) is 0 Å². The fourth-order valence-electron chi connectivity index (χ4n) is 1.24. The lowest BCUT2D eigenvalue weighted by Gasteiger charge is -2.20. The summed E-state index contributed by atoms with van der Waals surface area (Å²) in [5.41, 5.74) is 6.78.